The van der Waals surface area contributed by atoms with Gasteiger partial charge in [0.1, 0.15) is 0 Å². The molecule has 4 aromatic heterocycles. The number of hydrogen-bond donors (Lipinski definition) is 1. The minimum Gasteiger partial charge on any atom is -0.304 e. The highest BCUT2D eigenvalue weighted by Gasteiger charge is 2.36. The van der Waals surface area contributed by atoms with E-state index in [2.05, 4.69) is 20.5 Å². The van der Waals surface area contributed by atoms with Gasteiger partial charge in [0.05, 0.1) is 17.1 Å². The first-order valence-corrected chi connectivity index (χ1v) is 13.0. The SMILES string of the molecule is CCc1ccc(-c2cc(C(F)(F)F)n3nc(C(=O)Nc4ccn(Cc5cccc6ccccc56)n4)cc3n2)s1. The van der Waals surface area contributed by atoms with E-state index in [1.165, 1.54) is 17.4 Å². The van der Waals surface area contributed by atoms with Crippen LogP contribution in [-0.2, 0) is 19.1 Å². The lowest BCUT2D eigenvalue weighted by molar-refractivity contribution is -0.142. The number of nitrogens with one attached hydrogen (secondary N) is 1. The molecule has 39 heavy (non-hydrogen) atoms. The Morgan fingerprint density at radius 3 is 2.62 bits per heavy atom. The van der Waals surface area contributed by atoms with Crippen molar-refractivity contribution in [3.63, 3.8) is 0 Å². The van der Waals surface area contributed by atoms with Gasteiger partial charge in [0, 0.05) is 23.2 Å². The van der Waals surface area contributed by atoms with Gasteiger partial charge in [-0.3, -0.25) is 9.48 Å². The van der Waals surface area contributed by atoms with Crippen molar-refractivity contribution in [2.24, 2.45) is 0 Å². The summed E-state index contributed by atoms with van der Waals surface area (Å²) in [7, 11) is 0. The number of benzene rings is 2. The van der Waals surface area contributed by atoms with E-state index < -0.39 is 17.8 Å². The van der Waals surface area contributed by atoms with Crippen LogP contribution in [0, 0.1) is 0 Å². The molecule has 1 amide bonds. The van der Waals surface area contributed by atoms with E-state index in [1.807, 2.05) is 55.5 Å². The quantitative estimate of drug-likeness (QED) is 0.253. The number of anilines is 1. The number of aryl methyl sites for hydroxylation is 1. The number of nitrogens with zero attached hydrogens (tertiary/aromatic N) is 5. The van der Waals surface area contributed by atoms with Gasteiger partial charge in [-0.15, -0.1) is 11.3 Å². The molecule has 2 aromatic carbocycles. The molecule has 0 aliphatic heterocycles. The summed E-state index contributed by atoms with van der Waals surface area (Å²) in [6, 6.07) is 21.5. The highest BCUT2D eigenvalue weighted by atomic mass is 32.1. The highest BCUT2D eigenvalue weighted by Crippen LogP contribution is 2.34. The zero-order valence-electron chi connectivity index (χ0n) is 20.6. The molecule has 0 radical (unpaired) electrons. The number of thiophene rings is 1. The number of amides is 1. The molecule has 0 aliphatic carbocycles. The van der Waals surface area contributed by atoms with Crippen molar-refractivity contribution >= 4 is 39.5 Å². The summed E-state index contributed by atoms with van der Waals surface area (Å²) < 4.78 is 44.1. The van der Waals surface area contributed by atoms with E-state index in [0.717, 1.165) is 33.7 Å². The molecule has 11 heteroatoms. The molecule has 0 unspecified atom stereocenters. The number of halogens is 3. The van der Waals surface area contributed by atoms with E-state index in [-0.39, 0.29) is 22.9 Å². The van der Waals surface area contributed by atoms with Gasteiger partial charge in [-0.25, -0.2) is 9.50 Å². The van der Waals surface area contributed by atoms with Crippen LogP contribution in [-0.4, -0.2) is 30.3 Å². The predicted molar refractivity (Wildman–Crippen MR) is 144 cm³/mol. The fraction of sp³-hybridized carbons (Fsp3) is 0.143. The number of carbonyl (C=O) groups is 1. The molecule has 7 nitrogen and oxygen atoms in total. The van der Waals surface area contributed by atoms with Crippen LogP contribution in [0.3, 0.4) is 0 Å². The molecule has 0 aliphatic rings. The molecule has 0 bridgehead atoms. The van der Waals surface area contributed by atoms with Crippen molar-refractivity contribution in [1.82, 2.24) is 24.4 Å². The molecule has 4 heterocycles. The average Bonchev–Trinajstić information content (AvgIpc) is 3.67. The second-order valence-corrected chi connectivity index (χ2v) is 10.1. The van der Waals surface area contributed by atoms with Crippen molar-refractivity contribution in [3.05, 3.63) is 101 Å². The summed E-state index contributed by atoms with van der Waals surface area (Å²) in [5.41, 5.74) is -0.0363. The third-order valence-electron chi connectivity index (χ3n) is 6.31. The van der Waals surface area contributed by atoms with Gasteiger partial charge in [-0.2, -0.15) is 23.4 Å². The smallest absolute Gasteiger partial charge is 0.304 e. The number of carbonyl (C=O) groups excluding carboxylic acids is 1. The summed E-state index contributed by atoms with van der Waals surface area (Å²) in [6.45, 7) is 2.46. The van der Waals surface area contributed by atoms with Crippen molar-refractivity contribution < 1.29 is 18.0 Å². The third kappa shape index (κ3) is 4.88. The first kappa shape index (κ1) is 24.8. The fourth-order valence-electron chi connectivity index (χ4n) is 4.42. The molecule has 6 aromatic rings. The standard InChI is InChI=1S/C28H21F3N6OS/c1-2-19-10-11-23(39-19)21-14-24(28(29,30)31)37-26(32-21)15-22(34-37)27(38)33-25-12-13-36(35-25)16-18-8-5-7-17-6-3-4-9-20(17)18/h3-15H,2,16H2,1H3,(H,33,35,38). The second kappa shape index (κ2) is 9.66. The van der Waals surface area contributed by atoms with Gasteiger partial charge in [-0.05, 0) is 41.0 Å². The van der Waals surface area contributed by atoms with E-state index in [0.29, 0.717) is 15.9 Å². The topological polar surface area (TPSA) is 77.1 Å². The Morgan fingerprint density at radius 2 is 1.82 bits per heavy atom. The van der Waals surface area contributed by atoms with Gasteiger partial charge in [-0.1, -0.05) is 49.4 Å². The number of fused-ring (bicyclic) bond motifs is 2. The van der Waals surface area contributed by atoms with Crippen LogP contribution in [0.2, 0.25) is 0 Å². The van der Waals surface area contributed by atoms with Crippen LogP contribution in [0.4, 0.5) is 19.0 Å². The van der Waals surface area contributed by atoms with Crippen molar-refractivity contribution in [1.29, 1.82) is 0 Å². The van der Waals surface area contributed by atoms with E-state index in [1.54, 1.807) is 23.0 Å². The second-order valence-electron chi connectivity index (χ2n) is 8.93. The molecule has 1 N–H and O–H groups in total. The molecule has 6 rings (SSSR count). The Morgan fingerprint density at radius 1 is 1.00 bits per heavy atom. The molecular weight excluding hydrogens is 525 g/mol. The third-order valence-corrected chi connectivity index (χ3v) is 7.56. The molecular formula is C28H21F3N6OS. The Balaban J connectivity index is 1.27. The number of aromatic nitrogens is 5. The van der Waals surface area contributed by atoms with E-state index >= 15 is 0 Å². The van der Waals surface area contributed by atoms with Crippen molar-refractivity contribution in [3.8, 4) is 10.6 Å². The maximum atomic E-state index is 13.9. The van der Waals surface area contributed by atoms with Gasteiger partial charge in [0.25, 0.3) is 5.91 Å². The first-order valence-electron chi connectivity index (χ1n) is 12.2. The van der Waals surface area contributed by atoms with Crippen LogP contribution in [0.5, 0.6) is 0 Å². The largest absolute Gasteiger partial charge is 0.433 e. The van der Waals surface area contributed by atoms with Crippen LogP contribution < -0.4 is 5.32 Å². The Hall–Kier alpha value is -4.51. The lowest BCUT2D eigenvalue weighted by Crippen LogP contribution is -2.16. The summed E-state index contributed by atoms with van der Waals surface area (Å²) in [4.78, 5) is 19.0. The molecule has 196 valence electrons. The lowest BCUT2D eigenvalue weighted by Gasteiger charge is -2.10. The van der Waals surface area contributed by atoms with Gasteiger partial charge >= 0.3 is 6.18 Å². The summed E-state index contributed by atoms with van der Waals surface area (Å²) in [5, 5.41) is 13.2. The molecule has 0 saturated carbocycles. The Labute approximate surface area is 224 Å². The number of alkyl halides is 3. The van der Waals surface area contributed by atoms with Gasteiger partial charge in [0.15, 0.2) is 22.9 Å². The Bertz CT molecular complexity index is 1830. The van der Waals surface area contributed by atoms with Crippen molar-refractivity contribution in [2.75, 3.05) is 5.32 Å². The minimum atomic E-state index is -4.69. The van der Waals surface area contributed by atoms with Crippen LogP contribution in [0.1, 0.15) is 33.5 Å². The molecule has 0 saturated heterocycles. The first-order chi connectivity index (χ1) is 18.8. The minimum absolute atomic E-state index is 0.0714. The van der Waals surface area contributed by atoms with Crippen LogP contribution in [0.15, 0.2) is 79.0 Å². The average molecular weight is 547 g/mol. The zero-order chi connectivity index (χ0) is 27.1. The maximum Gasteiger partial charge on any atom is 0.433 e. The molecule has 0 atom stereocenters. The summed E-state index contributed by atoms with van der Waals surface area (Å²) >= 11 is 1.38. The van der Waals surface area contributed by atoms with Gasteiger partial charge < -0.3 is 5.32 Å². The highest BCUT2D eigenvalue weighted by molar-refractivity contribution is 7.15. The fourth-order valence-corrected chi connectivity index (χ4v) is 5.33. The zero-order valence-corrected chi connectivity index (χ0v) is 21.4. The van der Waals surface area contributed by atoms with E-state index in [4.69, 9.17) is 0 Å². The number of rotatable bonds is 6. The van der Waals surface area contributed by atoms with Crippen LogP contribution in [0.25, 0.3) is 27.0 Å². The normalized spacial score (nSPS) is 11.9. The predicted octanol–water partition coefficient (Wildman–Crippen LogP) is 6.69. The summed E-state index contributed by atoms with van der Waals surface area (Å²) in [5.74, 6) is -0.428. The summed E-state index contributed by atoms with van der Waals surface area (Å²) in [6.07, 6.45) is -2.20. The van der Waals surface area contributed by atoms with Crippen molar-refractivity contribution in [2.45, 2.75) is 26.1 Å². The lowest BCUT2D eigenvalue weighted by atomic mass is 10.0. The Kier molecular flexibility index (Phi) is 6.15. The van der Waals surface area contributed by atoms with Crippen LogP contribution >= 0.6 is 11.3 Å². The van der Waals surface area contributed by atoms with Gasteiger partial charge in [0.2, 0.25) is 0 Å². The van der Waals surface area contributed by atoms with E-state index in [9.17, 15) is 18.0 Å². The monoisotopic (exact) mass is 546 g/mol. The molecule has 0 spiro atoms. The maximum absolute atomic E-state index is 13.9. The number of hydrogen-bond acceptors (Lipinski definition) is 5. The molecule has 0 fully saturated rings.